The Hall–Kier alpha value is -2.82. The summed E-state index contributed by atoms with van der Waals surface area (Å²) >= 11 is 0. The van der Waals surface area contributed by atoms with Crippen molar-refractivity contribution >= 4 is 23.2 Å². The van der Waals surface area contributed by atoms with E-state index in [0.29, 0.717) is 23.5 Å². The van der Waals surface area contributed by atoms with Gasteiger partial charge in [0, 0.05) is 17.8 Å². The van der Waals surface area contributed by atoms with Gasteiger partial charge >= 0.3 is 0 Å². The highest BCUT2D eigenvalue weighted by Crippen LogP contribution is 2.19. The lowest BCUT2D eigenvalue weighted by molar-refractivity contribution is -0.118. The Morgan fingerprint density at radius 1 is 0.917 bits per heavy atom. The Bertz CT molecular complexity index is 724. The minimum absolute atomic E-state index is 0.0475. The van der Waals surface area contributed by atoms with Crippen molar-refractivity contribution < 1.29 is 14.3 Å². The quantitative estimate of drug-likeness (QED) is 0.851. The molecule has 5 heteroatoms. The predicted octanol–water partition coefficient (Wildman–Crippen LogP) is 3.67. The second-order valence-electron chi connectivity index (χ2n) is 5.58. The van der Waals surface area contributed by atoms with Crippen molar-refractivity contribution in [3.8, 4) is 5.75 Å². The maximum Gasteiger partial charge on any atom is 0.262 e. The summed E-state index contributed by atoms with van der Waals surface area (Å²) in [6.07, 6.45) is 0.425. The highest BCUT2D eigenvalue weighted by molar-refractivity contribution is 5.93. The first-order valence-corrected chi connectivity index (χ1v) is 7.87. The molecule has 24 heavy (non-hydrogen) atoms. The minimum atomic E-state index is -0.236. The van der Waals surface area contributed by atoms with Crippen molar-refractivity contribution in [2.75, 3.05) is 17.2 Å². The van der Waals surface area contributed by atoms with Gasteiger partial charge < -0.3 is 15.4 Å². The largest absolute Gasteiger partial charge is 0.483 e. The van der Waals surface area contributed by atoms with Crippen LogP contribution in [0.5, 0.6) is 5.75 Å². The maximum atomic E-state index is 12.0. The number of hydrogen-bond donors (Lipinski definition) is 2. The summed E-state index contributed by atoms with van der Waals surface area (Å²) in [7, 11) is 0. The van der Waals surface area contributed by atoms with Crippen LogP contribution in [0.3, 0.4) is 0 Å². The van der Waals surface area contributed by atoms with Gasteiger partial charge in [0.2, 0.25) is 5.91 Å². The molecule has 0 bridgehead atoms. The number of amides is 2. The first-order valence-electron chi connectivity index (χ1n) is 7.87. The fourth-order valence-corrected chi connectivity index (χ4v) is 2.19. The molecule has 0 fully saturated rings. The van der Waals surface area contributed by atoms with Crippen LogP contribution < -0.4 is 15.4 Å². The van der Waals surface area contributed by atoms with Gasteiger partial charge in [-0.2, -0.15) is 0 Å². The van der Waals surface area contributed by atoms with Crippen molar-refractivity contribution in [2.45, 2.75) is 27.2 Å². The van der Waals surface area contributed by atoms with Crippen LogP contribution in [0.4, 0.5) is 11.4 Å². The number of carbonyl (C=O) groups excluding carboxylic acids is 2. The number of nitrogens with one attached hydrogen (secondary N) is 2. The fourth-order valence-electron chi connectivity index (χ4n) is 2.19. The first kappa shape index (κ1) is 17.5. The predicted molar refractivity (Wildman–Crippen MR) is 95.4 cm³/mol. The number of hydrogen-bond acceptors (Lipinski definition) is 3. The van der Waals surface area contributed by atoms with Crippen molar-refractivity contribution in [3.63, 3.8) is 0 Å². The maximum absolute atomic E-state index is 12.0. The fraction of sp³-hybridized carbons (Fsp3) is 0.263. The normalized spacial score (nSPS) is 10.1. The Kier molecular flexibility index (Phi) is 5.95. The molecular weight excluding hydrogens is 304 g/mol. The Balaban J connectivity index is 1.86. The van der Waals surface area contributed by atoms with Crippen LogP contribution in [0.2, 0.25) is 0 Å². The van der Waals surface area contributed by atoms with Crippen LogP contribution in [0.25, 0.3) is 0 Å². The summed E-state index contributed by atoms with van der Waals surface area (Å²) in [6, 6.07) is 12.8. The average molecular weight is 326 g/mol. The summed E-state index contributed by atoms with van der Waals surface area (Å²) in [5.41, 5.74) is 3.50. The molecule has 0 atom stereocenters. The molecule has 5 nitrogen and oxygen atoms in total. The molecule has 126 valence electrons. The topological polar surface area (TPSA) is 67.4 Å². The molecule has 0 saturated heterocycles. The lowest BCUT2D eigenvalue weighted by atomic mass is 10.1. The summed E-state index contributed by atoms with van der Waals surface area (Å²) in [4.78, 5) is 23.3. The standard InChI is InChI=1S/C19H22N2O3/c1-4-18(22)20-15-6-8-16(9-7-15)21-19(23)12-24-17-10-5-13(2)11-14(17)3/h5-11H,4,12H2,1-3H3,(H,20,22)(H,21,23). The number of ether oxygens (including phenoxy) is 1. The van der Waals surface area contributed by atoms with Crippen molar-refractivity contribution in [3.05, 3.63) is 53.6 Å². The van der Waals surface area contributed by atoms with Crippen LogP contribution in [0, 0.1) is 13.8 Å². The zero-order valence-electron chi connectivity index (χ0n) is 14.2. The molecule has 0 aliphatic heterocycles. The van der Waals surface area contributed by atoms with Crippen LogP contribution in [0.1, 0.15) is 24.5 Å². The number of carbonyl (C=O) groups is 2. The molecule has 2 aromatic carbocycles. The van der Waals surface area contributed by atoms with E-state index >= 15 is 0 Å². The van der Waals surface area contributed by atoms with Gasteiger partial charge in [-0.15, -0.1) is 0 Å². The molecule has 2 N–H and O–H groups in total. The minimum Gasteiger partial charge on any atom is -0.483 e. The van der Waals surface area contributed by atoms with Gasteiger partial charge in [-0.25, -0.2) is 0 Å². The number of benzene rings is 2. The van der Waals surface area contributed by atoms with E-state index in [1.807, 2.05) is 32.0 Å². The lowest BCUT2D eigenvalue weighted by Gasteiger charge is -2.10. The summed E-state index contributed by atoms with van der Waals surface area (Å²) in [6.45, 7) is 5.69. The van der Waals surface area contributed by atoms with Gasteiger partial charge in [0.25, 0.3) is 5.91 Å². The van der Waals surface area contributed by atoms with E-state index in [0.717, 1.165) is 11.1 Å². The zero-order valence-corrected chi connectivity index (χ0v) is 14.2. The van der Waals surface area contributed by atoms with Gasteiger partial charge in [0.05, 0.1) is 0 Å². The van der Waals surface area contributed by atoms with E-state index < -0.39 is 0 Å². The van der Waals surface area contributed by atoms with E-state index in [1.165, 1.54) is 0 Å². The van der Waals surface area contributed by atoms with Gasteiger partial charge in [-0.1, -0.05) is 24.6 Å². The van der Waals surface area contributed by atoms with Gasteiger partial charge in [-0.05, 0) is 49.7 Å². The van der Waals surface area contributed by atoms with E-state index in [9.17, 15) is 9.59 Å². The molecule has 0 unspecified atom stereocenters. The molecule has 2 amide bonds. The second-order valence-corrected chi connectivity index (χ2v) is 5.58. The lowest BCUT2D eigenvalue weighted by Crippen LogP contribution is -2.20. The number of rotatable bonds is 6. The third-order valence-corrected chi connectivity index (χ3v) is 3.46. The Morgan fingerprint density at radius 3 is 2.04 bits per heavy atom. The van der Waals surface area contributed by atoms with Crippen LogP contribution in [0.15, 0.2) is 42.5 Å². The molecular formula is C19H22N2O3. The molecule has 0 radical (unpaired) electrons. The molecule has 0 heterocycles. The van der Waals surface area contributed by atoms with E-state index in [2.05, 4.69) is 10.6 Å². The first-order chi connectivity index (χ1) is 11.5. The van der Waals surface area contributed by atoms with Crippen LogP contribution in [-0.2, 0) is 9.59 Å². The van der Waals surface area contributed by atoms with E-state index in [-0.39, 0.29) is 18.4 Å². The summed E-state index contributed by atoms with van der Waals surface area (Å²) in [5, 5.41) is 5.51. The molecule has 2 rings (SSSR count). The molecule has 0 aromatic heterocycles. The van der Waals surface area contributed by atoms with Gasteiger partial charge in [0.1, 0.15) is 5.75 Å². The molecule has 0 aliphatic rings. The summed E-state index contributed by atoms with van der Waals surface area (Å²) in [5.74, 6) is 0.419. The van der Waals surface area contributed by atoms with Crippen LogP contribution in [-0.4, -0.2) is 18.4 Å². The summed E-state index contributed by atoms with van der Waals surface area (Å²) < 4.78 is 5.55. The van der Waals surface area contributed by atoms with E-state index in [4.69, 9.17) is 4.74 Å². The highest BCUT2D eigenvalue weighted by atomic mass is 16.5. The zero-order chi connectivity index (χ0) is 17.5. The van der Waals surface area contributed by atoms with Crippen molar-refractivity contribution in [1.82, 2.24) is 0 Å². The highest BCUT2D eigenvalue weighted by Gasteiger charge is 2.06. The van der Waals surface area contributed by atoms with Crippen LogP contribution >= 0.6 is 0 Å². The van der Waals surface area contributed by atoms with Crippen molar-refractivity contribution in [1.29, 1.82) is 0 Å². The third-order valence-electron chi connectivity index (χ3n) is 3.46. The van der Waals surface area contributed by atoms with Gasteiger partial charge in [-0.3, -0.25) is 9.59 Å². The number of aryl methyl sites for hydroxylation is 2. The van der Waals surface area contributed by atoms with Gasteiger partial charge in [0.15, 0.2) is 6.61 Å². The number of anilines is 2. The van der Waals surface area contributed by atoms with Crippen molar-refractivity contribution in [2.24, 2.45) is 0 Å². The monoisotopic (exact) mass is 326 g/mol. The SMILES string of the molecule is CCC(=O)Nc1ccc(NC(=O)COc2ccc(C)cc2C)cc1. The smallest absolute Gasteiger partial charge is 0.262 e. The Morgan fingerprint density at radius 2 is 1.50 bits per heavy atom. The molecule has 2 aromatic rings. The Labute approximate surface area is 142 Å². The molecule has 0 aliphatic carbocycles. The molecule has 0 spiro atoms. The second kappa shape index (κ2) is 8.15. The molecule has 0 saturated carbocycles. The average Bonchev–Trinajstić information content (AvgIpc) is 2.55. The third kappa shape index (κ3) is 5.12. The van der Waals surface area contributed by atoms with E-state index in [1.54, 1.807) is 31.2 Å².